The van der Waals surface area contributed by atoms with Gasteiger partial charge in [-0.3, -0.25) is 0 Å². The zero-order valence-electron chi connectivity index (χ0n) is 13.2. The fourth-order valence-corrected chi connectivity index (χ4v) is 2.69. The number of carbonyl (C=O) groups excluding carboxylic acids is 1. The van der Waals surface area contributed by atoms with Gasteiger partial charge in [0.25, 0.3) is 0 Å². The van der Waals surface area contributed by atoms with Crippen LogP contribution in [0, 0.1) is 11.6 Å². The number of carbonyl (C=O) groups is 1. The Balaban J connectivity index is 2.08. The van der Waals surface area contributed by atoms with Crippen molar-refractivity contribution in [1.82, 2.24) is 5.32 Å². The van der Waals surface area contributed by atoms with Crippen LogP contribution in [0.15, 0.2) is 12.1 Å². The van der Waals surface area contributed by atoms with Crippen LogP contribution in [-0.4, -0.2) is 36.9 Å². The third kappa shape index (κ3) is 4.54. The van der Waals surface area contributed by atoms with E-state index in [0.717, 1.165) is 31.4 Å². The summed E-state index contributed by atoms with van der Waals surface area (Å²) in [4.78, 5) is 13.5. The number of nitrogens with one attached hydrogen (secondary N) is 2. The molecule has 1 aliphatic heterocycles. The van der Waals surface area contributed by atoms with E-state index in [1.54, 1.807) is 4.90 Å². The van der Waals surface area contributed by atoms with Gasteiger partial charge in [0.05, 0.1) is 12.6 Å². The van der Waals surface area contributed by atoms with Crippen molar-refractivity contribution in [3.63, 3.8) is 0 Å². The highest BCUT2D eigenvalue weighted by Gasteiger charge is 2.20. The highest BCUT2D eigenvalue weighted by Crippen LogP contribution is 2.29. The van der Waals surface area contributed by atoms with Gasteiger partial charge in [0.1, 0.15) is 5.69 Å². The molecule has 128 valence electrons. The summed E-state index contributed by atoms with van der Waals surface area (Å²) < 4.78 is 28.5. The van der Waals surface area contributed by atoms with Crippen molar-refractivity contribution in [1.29, 1.82) is 0 Å². The summed E-state index contributed by atoms with van der Waals surface area (Å²) in [6, 6.07) is 1.24. The molecule has 3 N–H and O–H groups in total. The number of nitrogens with zero attached hydrogens (tertiary/aromatic N) is 1. The van der Waals surface area contributed by atoms with Gasteiger partial charge in [0, 0.05) is 18.8 Å². The Bertz CT molecular complexity index is 521. The molecule has 1 aromatic carbocycles. The van der Waals surface area contributed by atoms with Crippen LogP contribution in [0.2, 0.25) is 0 Å². The third-order valence-electron chi connectivity index (χ3n) is 4.00. The Kier molecular flexibility index (Phi) is 6.15. The predicted molar refractivity (Wildman–Crippen MR) is 85.7 cm³/mol. The second-order valence-electron chi connectivity index (χ2n) is 5.72. The van der Waals surface area contributed by atoms with Crippen LogP contribution in [0.4, 0.5) is 25.0 Å². The number of halogens is 2. The van der Waals surface area contributed by atoms with Gasteiger partial charge in [-0.25, -0.2) is 13.6 Å². The van der Waals surface area contributed by atoms with Crippen molar-refractivity contribution in [2.45, 2.75) is 38.6 Å². The van der Waals surface area contributed by atoms with Crippen LogP contribution in [0.25, 0.3) is 0 Å². The highest BCUT2D eigenvalue weighted by atomic mass is 19.1. The van der Waals surface area contributed by atoms with E-state index in [-0.39, 0.29) is 18.0 Å². The highest BCUT2D eigenvalue weighted by molar-refractivity contribution is 5.89. The Morgan fingerprint density at radius 3 is 2.39 bits per heavy atom. The molecule has 1 heterocycles. The molecule has 7 heteroatoms. The molecule has 23 heavy (non-hydrogen) atoms. The van der Waals surface area contributed by atoms with Gasteiger partial charge < -0.3 is 20.6 Å². The van der Waals surface area contributed by atoms with E-state index in [2.05, 4.69) is 10.6 Å². The zero-order valence-corrected chi connectivity index (χ0v) is 13.2. The van der Waals surface area contributed by atoms with Gasteiger partial charge in [-0.1, -0.05) is 6.92 Å². The molecule has 0 radical (unpaired) electrons. The first-order chi connectivity index (χ1) is 11.0. The lowest BCUT2D eigenvalue weighted by atomic mass is 10.1. The van der Waals surface area contributed by atoms with Crippen LogP contribution in [0.5, 0.6) is 0 Å². The van der Waals surface area contributed by atoms with Gasteiger partial charge >= 0.3 is 6.03 Å². The largest absolute Gasteiger partial charge is 0.394 e. The second-order valence-corrected chi connectivity index (χ2v) is 5.72. The summed E-state index contributed by atoms with van der Waals surface area (Å²) >= 11 is 0. The molecular weight excluding hydrogens is 304 g/mol. The Morgan fingerprint density at radius 1 is 1.26 bits per heavy atom. The predicted octanol–water partition coefficient (Wildman–Crippen LogP) is 2.85. The first-order valence-electron chi connectivity index (χ1n) is 7.97. The van der Waals surface area contributed by atoms with Gasteiger partial charge in [0.15, 0.2) is 11.6 Å². The van der Waals surface area contributed by atoms with Crippen molar-refractivity contribution in [3.05, 3.63) is 23.8 Å². The summed E-state index contributed by atoms with van der Waals surface area (Å²) in [5.74, 6) is -1.37. The number of piperidine rings is 1. The third-order valence-corrected chi connectivity index (χ3v) is 4.00. The van der Waals surface area contributed by atoms with Crippen LogP contribution >= 0.6 is 0 Å². The molecule has 0 aliphatic carbocycles. The molecule has 1 atom stereocenters. The summed E-state index contributed by atoms with van der Waals surface area (Å²) in [7, 11) is 0. The van der Waals surface area contributed by atoms with E-state index in [9.17, 15) is 13.6 Å². The van der Waals surface area contributed by atoms with Crippen molar-refractivity contribution in [3.8, 4) is 0 Å². The number of hydrogen-bond donors (Lipinski definition) is 3. The Hall–Kier alpha value is -1.89. The van der Waals surface area contributed by atoms with E-state index in [1.165, 1.54) is 0 Å². The van der Waals surface area contributed by atoms with E-state index in [1.807, 2.05) is 6.92 Å². The number of amides is 2. The maximum Gasteiger partial charge on any atom is 0.319 e. The quantitative estimate of drug-likeness (QED) is 0.779. The van der Waals surface area contributed by atoms with Crippen LogP contribution in [0.3, 0.4) is 0 Å². The molecule has 1 unspecified atom stereocenters. The number of urea groups is 1. The van der Waals surface area contributed by atoms with E-state index < -0.39 is 23.7 Å². The molecule has 2 amide bonds. The molecule has 5 nitrogen and oxygen atoms in total. The van der Waals surface area contributed by atoms with Gasteiger partial charge in [-0.2, -0.15) is 0 Å². The first kappa shape index (κ1) is 17.5. The zero-order chi connectivity index (χ0) is 16.8. The van der Waals surface area contributed by atoms with Crippen LogP contribution < -0.4 is 15.5 Å². The monoisotopic (exact) mass is 327 g/mol. The maximum atomic E-state index is 14.2. The lowest BCUT2D eigenvalue weighted by Gasteiger charge is -2.29. The summed E-state index contributed by atoms with van der Waals surface area (Å²) in [6.45, 7) is 2.89. The first-order valence-corrected chi connectivity index (χ1v) is 7.97. The normalized spacial score (nSPS) is 16.1. The van der Waals surface area contributed by atoms with Gasteiger partial charge in [0.2, 0.25) is 0 Å². The minimum atomic E-state index is -0.684. The molecule has 0 spiro atoms. The molecule has 0 aromatic heterocycles. The number of rotatable bonds is 5. The average Bonchev–Trinajstić information content (AvgIpc) is 2.53. The lowest BCUT2D eigenvalue weighted by molar-refractivity contribution is 0.222. The molecule has 0 bridgehead atoms. The fourth-order valence-electron chi connectivity index (χ4n) is 2.69. The SMILES string of the molecule is CCC(CO)NC(=O)Nc1cc(F)c(N2CCCCC2)c(F)c1. The molecule has 1 aromatic rings. The van der Waals surface area contributed by atoms with Crippen molar-refractivity contribution in [2.75, 3.05) is 29.9 Å². The topological polar surface area (TPSA) is 64.6 Å². The number of aliphatic hydroxyl groups is 1. The molecule has 1 saturated heterocycles. The average molecular weight is 327 g/mol. The minimum Gasteiger partial charge on any atom is -0.394 e. The van der Waals surface area contributed by atoms with Gasteiger partial charge in [-0.05, 0) is 37.8 Å². The molecule has 1 fully saturated rings. The lowest BCUT2D eigenvalue weighted by Crippen LogP contribution is -2.39. The molecule has 1 aliphatic rings. The number of anilines is 2. The van der Waals surface area contributed by atoms with Gasteiger partial charge in [-0.15, -0.1) is 0 Å². The minimum absolute atomic E-state index is 0.0301. The standard InChI is InChI=1S/C16H23F2N3O2/c1-2-11(10-22)19-16(23)20-12-8-13(17)15(14(18)9-12)21-6-4-3-5-7-21/h8-9,11,22H,2-7,10H2,1H3,(H2,19,20,23). The summed E-state index contributed by atoms with van der Waals surface area (Å²) in [5, 5.41) is 14.0. The van der Waals surface area contributed by atoms with E-state index >= 15 is 0 Å². The van der Waals surface area contributed by atoms with Crippen molar-refractivity contribution < 1.29 is 18.7 Å². The van der Waals surface area contributed by atoms with Crippen molar-refractivity contribution >= 4 is 17.4 Å². The molecular formula is C16H23F2N3O2. The second kappa shape index (κ2) is 8.10. The summed E-state index contributed by atoms with van der Waals surface area (Å²) in [5.41, 5.74) is 0.0171. The number of hydrogen-bond acceptors (Lipinski definition) is 3. The maximum absolute atomic E-state index is 14.2. The number of benzene rings is 1. The smallest absolute Gasteiger partial charge is 0.319 e. The summed E-state index contributed by atoms with van der Waals surface area (Å²) in [6.07, 6.45) is 3.46. The van der Waals surface area contributed by atoms with E-state index in [4.69, 9.17) is 5.11 Å². The van der Waals surface area contributed by atoms with Crippen LogP contribution in [0.1, 0.15) is 32.6 Å². The molecule has 0 saturated carbocycles. The van der Waals surface area contributed by atoms with Crippen molar-refractivity contribution in [2.24, 2.45) is 0 Å². The fraction of sp³-hybridized carbons (Fsp3) is 0.562. The Morgan fingerprint density at radius 2 is 1.87 bits per heavy atom. The number of aliphatic hydroxyl groups excluding tert-OH is 1. The van der Waals surface area contributed by atoms with E-state index in [0.29, 0.717) is 19.5 Å². The molecule has 2 rings (SSSR count). The Labute approximate surface area is 134 Å². The van der Waals surface area contributed by atoms with Crippen LogP contribution in [-0.2, 0) is 0 Å².